The Kier molecular flexibility index (Phi) is 4.06. The summed E-state index contributed by atoms with van der Waals surface area (Å²) in [5, 5.41) is 0. The van der Waals surface area contributed by atoms with Gasteiger partial charge in [-0.15, -0.1) is 0 Å². The van der Waals surface area contributed by atoms with E-state index in [1.807, 2.05) is 10.6 Å². The van der Waals surface area contributed by atoms with Crippen LogP contribution in [0, 0.1) is 17.3 Å². The first-order chi connectivity index (χ1) is 13.7. The third kappa shape index (κ3) is 3.13. The highest BCUT2D eigenvalue weighted by molar-refractivity contribution is 5.84. The van der Waals surface area contributed by atoms with E-state index in [0.29, 0.717) is 18.4 Å². The van der Waals surface area contributed by atoms with Crippen LogP contribution in [0.3, 0.4) is 0 Å². The summed E-state index contributed by atoms with van der Waals surface area (Å²) in [7, 11) is 1.80. The average molecular weight is 395 g/mol. The van der Waals surface area contributed by atoms with Crippen LogP contribution in [0.4, 0.5) is 0 Å². The summed E-state index contributed by atoms with van der Waals surface area (Å²) < 4.78 is 3.50. The molecule has 29 heavy (non-hydrogen) atoms. The van der Waals surface area contributed by atoms with Gasteiger partial charge < -0.3 is 4.90 Å². The van der Waals surface area contributed by atoms with Crippen LogP contribution in [-0.2, 0) is 18.4 Å². The number of carbonyl (C=O) groups is 1. The Morgan fingerprint density at radius 1 is 1.17 bits per heavy atom. The van der Waals surface area contributed by atoms with Crippen LogP contribution in [0.5, 0.6) is 0 Å². The molecule has 154 valence electrons. The quantitative estimate of drug-likeness (QED) is 0.803. The second-order valence-corrected chi connectivity index (χ2v) is 10.3. The van der Waals surface area contributed by atoms with Crippen molar-refractivity contribution in [2.75, 3.05) is 6.54 Å². The molecule has 2 aromatic heterocycles. The lowest BCUT2D eigenvalue weighted by Crippen LogP contribution is -2.50. The Morgan fingerprint density at radius 2 is 1.93 bits per heavy atom. The number of piperidine rings is 1. The molecule has 2 unspecified atom stereocenters. The lowest BCUT2D eigenvalue weighted by Gasteiger charge is -2.44. The maximum atomic E-state index is 12.8. The molecule has 1 saturated carbocycles. The van der Waals surface area contributed by atoms with Gasteiger partial charge in [-0.3, -0.25) is 13.9 Å². The first kappa shape index (κ1) is 18.6. The number of aromatic nitrogens is 3. The molecule has 0 radical (unpaired) electrons. The summed E-state index contributed by atoms with van der Waals surface area (Å²) >= 11 is 0. The van der Waals surface area contributed by atoms with Crippen molar-refractivity contribution >= 4 is 22.6 Å². The zero-order chi connectivity index (χ0) is 20.5. The number of pyridine rings is 1. The lowest BCUT2D eigenvalue weighted by atomic mass is 9.78. The fraction of sp³-hybridized carbons (Fsp3) is 0.609. The average Bonchev–Trinajstić information content (AvgIpc) is 3.52. The topological polar surface area (TPSA) is 60.1 Å². The Morgan fingerprint density at radius 3 is 2.55 bits per heavy atom. The SMILES string of the molecule is Cn1c(=O)n(CC(C)(C)C)c2ccc(C3=CC4CCC3CN4C(=O)C3CC3)nc21. The van der Waals surface area contributed by atoms with Crippen molar-refractivity contribution in [1.29, 1.82) is 0 Å². The molecule has 1 saturated heterocycles. The predicted octanol–water partition coefficient (Wildman–Crippen LogP) is 3.20. The minimum Gasteiger partial charge on any atom is -0.335 e. The number of hydrogen-bond donors (Lipinski definition) is 0. The van der Waals surface area contributed by atoms with Crippen molar-refractivity contribution in [2.45, 2.75) is 59.0 Å². The minimum absolute atomic E-state index is 0.0133. The molecule has 0 N–H and O–H groups in total. The molecule has 1 amide bonds. The Bertz CT molecular complexity index is 1080. The molecule has 0 aromatic carbocycles. The fourth-order valence-electron chi connectivity index (χ4n) is 4.94. The third-order valence-corrected chi connectivity index (χ3v) is 6.56. The molecular weight excluding hydrogens is 364 g/mol. The summed E-state index contributed by atoms with van der Waals surface area (Å²) in [6.07, 6.45) is 6.53. The standard InChI is InChI=1S/C23H30N4O2/c1-23(2,3)13-27-19-10-9-18(24-20(19)25(4)22(27)29)17-11-16-8-7-15(17)12-26(16)21(28)14-5-6-14/h9-11,14-16H,5-8,12-13H2,1-4H3. The van der Waals surface area contributed by atoms with Gasteiger partial charge in [-0.1, -0.05) is 26.8 Å². The third-order valence-electron chi connectivity index (χ3n) is 6.56. The van der Waals surface area contributed by atoms with E-state index in [0.717, 1.165) is 49.1 Å². The molecular formula is C23H30N4O2. The number of imidazole rings is 1. The van der Waals surface area contributed by atoms with Crippen LogP contribution >= 0.6 is 0 Å². The van der Waals surface area contributed by atoms with E-state index in [4.69, 9.17) is 4.98 Å². The summed E-state index contributed by atoms with van der Waals surface area (Å²) in [5.74, 6) is 0.971. The number of nitrogens with zero attached hydrogens (tertiary/aromatic N) is 4. The van der Waals surface area contributed by atoms with Crippen LogP contribution in [0.25, 0.3) is 16.7 Å². The van der Waals surface area contributed by atoms with E-state index < -0.39 is 0 Å². The minimum atomic E-state index is -0.0140. The van der Waals surface area contributed by atoms with E-state index >= 15 is 0 Å². The predicted molar refractivity (Wildman–Crippen MR) is 113 cm³/mol. The van der Waals surface area contributed by atoms with Gasteiger partial charge in [0.05, 0.1) is 17.3 Å². The number of amides is 1. The van der Waals surface area contributed by atoms with E-state index in [9.17, 15) is 9.59 Å². The molecule has 6 nitrogen and oxygen atoms in total. The van der Waals surface area contributed by atoms with Crippen LogP contribution in [0.15, 0.2) is 23.0 Å². The lowest BCUT2D eigenvalue weighted by molar-refractivity contribution is -0.136. The van der Waals surface area contributed by atoms with Crippen molar-refractivity contribution in [3.8, 4) is 0 Å². The summed E-state index contributed by atoms with van der Waals surface area (Å²) in [6, 6.07) is 4.30. The molecule has 6 rings (SSSR count). The second kappa shape index (κ2) is 6.31. The molecule has 4 aliphatic rings. The van der Waals surface area contributed by atoms with Gasteiger partial charge in [-0.05, 0) is 48.8 Å². The molecule has 2 fully saturated rings. The number of fused-ring (bicyclic) bond motifs is 3. The molecule has 2 aromatic rings. The number of hydrogen-bond acceptors (Lipinski definition) is 3. The smallest absolute Gasteiger partial charge is 0.330 e. The van der Waals surface area contributed by atoms with Gasteiger partial charge in [0.2, 0.25) is 5.91 Å². The van der Waals surface area contributed by atoms with Crippen molar-refractivity contribution in [3.05, 3.63) is 34.4 Å². The van der Waals surface area contributed by atoms with E-state index in [1.54, 1.807) is 11.6 Å². The van der Waals surface area contributed by atoms with Gasteiger partial charge in [0.25, 0.3) is 0 Å². The highest BCUT2D eigenvalue weighted by Gasteiger charge is 2.42. The first-order valence-corrected chi connectivity index (χ1v) is 10.8. The van der Waals surface area contributed by atoms with Crippen molar-refractivity contribution in [2.24, 2.45) is 24.3 Å². The van der Waals surface area contributed by atoms with E-state index in [1.165, 1.54) is 5.57 Å². The monoisotopic (exact) mass is 394 g/mol. The van der Waals surface area contributed by atoms with Crippen molar-refractivity contribution in [1.82, 2.24) is 19.0 Å². The summed E-state index contributed by atoms with van der Waals surface area (Å²) in [6.45, 7) is 7.89. The van der Waals surface area contributed by atoms with Gasteiger partial charge in [-0.25, -0.2) is 9.78 Å². The van der Waals surface area contributed by atoms with Crippen molar-refractivity contribution < 1.29 is 4.79 Å². The molecule has 2 bridgehead atoms. The van der Waals surface area contributed by atoms with Gasteiger partial charge in [0.15, 0.2) is 5.65 Å². The Hall–Kier alpha value is -2.37. The highest BCUT2D eigenvalue weighted by atomic mass is 16.2. The van der Waals surface area contributed by atoms with Gasteiger partial charge in [0.1, 0.15) is 0 Å². The van der Waals surface area contributed by atoms with E-state index in [2.05, 4.69) is 37.8 Å². The highest BCUT2D eigenvalue weighted by Crippen LogP contribution is 2.42. The van der Waals surface area contributed by atoms with Gasteiger partial charge in [0, 0.05) is 32.0 Å². The molecule has 6 heteroatoms. The molecule has 2 atom stereocenters. The van der Waals surface area contributed by atoms with Crippen LogP contribution in [0.2, 0.25) is 0 Å². The number of aryl methyl sites for hydroxylation is 1. The normalized spacial score (nSPS) is 24.3. The Labute approximate surface area is 171 Å². The molecule has 2 aliphatic carbocycles. The fourth-order valence-corrected chi connectivity index (χ4v) is 4.94. The van der Waals surface area contributed by atoms with Crippen molar-refractivity contribution in [3.63, 3.8) is 0 Å². The summed E-state index contributed by atoms with van der Waals surface area (Å²) in [4.78, 5) is 32.4. The van der Waals surface area contributed by atoms with Crippen LogP contribution in [0.1, 0.15) is 52.1 Å². The maximum absolute atomic E-state index is 12.8. The molecule has 0 spiro atoms. The zero-order valence-electron chi connectivity index (χ0n) is 17.8. The molecule has 4 heterocycles. The number of carbonyl (C=O) groups excluding carboxylic acids is 1. The second-order valence-electron chi connectivity index (χ2n) is 10.3. The largest absolute Gasteiger partial charge is 0.335 e. The van der Waals surface area contributed by atoms with Crippen LogP contribution in [-0.4, -0.2) is 37.5 Å². The zero-order valence-corrected chi connectivity index (χ0v) is 17.8. The van der Waals surface area contributed by atoms with Gasteiger partial charge >= 0.3 is 5.69 Å². The van der Waals surface area contributed by atoms with Gasteiger partial charge in [-0.2, -0.15) is 0 Å². The number of rotatable bonds is 3. The maximum Gasteiger partial charge on any atom is 0.330 e. The molecule has 2 aliphatic heterocycles. The van der Waals surface area contributed by atoms with Crippen LogP contribution < -0.4 is 5.69 Å². The summed E-state index contributed by atoms with van der Waals surface area (Å²) in [5.41, 5.74) is 3.83. The Balaban J connectivity index is 1.52. The first-order valence-electron chi connectivity index (χ1n) is 10.8. The van der Waals surface area contributed by atoms with E-state index in [-0.39, 0.29) is 23.1 Å².